The lowest BCUT2D eigenvalue weighted by Gasteiger charge is -2.21. The van der Waals surface area contributed by atoms with Gasteiger partial charge in [0.1, 0.15) is 0 Å². The van der Waals surface area contributed by atoms with Gasteiger partial charge in [-0.25, -0.2) is 4.98 Å². The van der Waals surface area contributed by atoms with Crippen molar-refractivity contribution in [1.29, 1.82) is 0 Å². The fourth-order valence-corrected chi connectivity index (χ4v) is 4.14. The van der Waals surface area contributed by atoms with Gasteiger partial charge in [-0.05, 0) is 19.4 Å². The van der Waals surface area contributed by atoms with Gasteiger partial charge in [0.25, 0.3) is 0 Å². The van der Waals surface area contributed by atoms with Crippen LogP contribution < -0.4 is 0 Å². The zero-order valence-corrected chi connectivity index (χ0v) is 16.9. The summed E-state index contributed by atoms with van der Waals surface area (Å²) in [6, 6.07) is 18.5. The fraction of sp³-hybridized carbons (Fsp3) is 0.217. The minimum absolute atomic E-state index is 0.136. The van der Waals surface area contributed by atoms with Crippen molar-refractivity contribution >= 4 is 22.2 Å². The van der Waals surface area contributed by atoms with E-state index in [4.69, 9.17) is 4.98 Å². The average Bonchev–Trinajstić information content (AvgIpc) is 3.29. The van der Waals surface area contributed by atoms with Gasteiger partial charge in [0.2, 0.25) is 5.91 Å². The molecule has 0 fully saturated rings. The Hall–Kier alpha value is -2.92. The summed E-state index contributed by atoms with van der Waals surface area (Å²) >= 11 is 1.58. The van der Waals surface area contributed by atoms with Crippen LogP contribution >= 0.6 is 11.3 Å². The van der Waals surface area contributed by atoms with Crippen molar-refractivity contribution in [2.75, 3.05) is 6.54 Å². The van der Waals surface area contributed by atoms with Crippen LogP contribution in [0, 0.1) is 6.92 Å². The molecule has 0 bridgehead atoms. The molecular formula is C23H23N3OS. The second-order valence-corrected chi connectivity index (χ2v) is 7.78. The Balaban J connectivity index is 1.53. The molecule has 0 aliphatic carbocycles. The molecule has 2 aromatic heterocycles. The maximum atomic E-state index is 12.9. The summed E-state index contributed by atoms with van der Waals surface area (Å²) in [5, 5.41) is 2.04. The van der Waals surface area contributed by atoms with E-state index in [0.29, 0.717) is 19.5 Å². The first-order valence-electron chi connectivity index (χ1n) is 9.48. The quantitative estimate of drug-likeness (QED) is 0.467. The van der Waals surface area contributed by atoms with E-state index in [1.165, 1.54) is 5.56 Å². The third-order valence-electron chi connectivity index (χ3n) is 4.91. The van der Waals surface area contributed by atoms with E-state index >= 15 is 0 Å². The number of aromatic nitrogens is 2. The molecule has 4 aromatic rings. The van der Waals surface area contributed by atoms with Crippen LogP contribution in [0.5, 0.6) is 0 Å². The molecule has 1 amide bonds. The number of carbonyl (C=O) groups is 1. The number of imidazole rings is 1. The van der Waals surface area contributed by atoms with Crippen LogP contribution in [0.25, 0.3) is 16.2 Å². The summed E-state index contributed by atoms with van der Waals surface area (Å²) in [6.45, 7) is 5.44. The molecule has 28 heavy (non-hydrogen) atoms. The van der Waals surface area contributed by atoms with Gasteiger partial charge >= 0.3 is 0 Å². The van der Waals surface area contributed by atoms with Crippen LogP contribution in [0.15, 0.2) is 66.2 Å². The van der Waals surface area contributed by atoms with Crippen LogP contribution in [0.3, 0.4) is 0 Å². The van der Waals surface area contributed by atoms with Crippen molar-refractivity contribution in [3.63, 3.8) is 0 Å². The van der Waals surface area contributed by atoms with Crippen molar-refractivity contribution < 1.29 is 4.79 Å². The molecule has 0 unspecified atom stereocenters. The van der Waals surface area contributed by atoms with Crippen LogP contribution in [0.2, 0.25) is 0 Å². The van der Waals surface area contributed by atoms with E-state index in [1.54, 1.807) is 11.3 Å². The lowest BCUT2D eigenvalue weighted by Crippen LogP contribution is -2.31. The summed E-state index contributed by atoms with van der Waals surface area (Å²) in [7, 11) is 0. The number of benzene rings is 2. The molecule has 2 aromatic carbocycles. The monoisotopic (exact) mass is 389 g/mol. The highest BCUT2D eigenvalue weighted by Gasteiger charge is 2.17. The van der Waals surface area contributed by atoms with Gasteiger partial charge in [-0.3, -0.25) is 9.20 Å². The number of likely N-dealkylation sites (N-methyl/N-ethyl adjacent to an activating group) is 1. The SMILES string of the molecule is CCN(Cc1ccccc1)C(=O)Cc1csc2nc(-c3ccc(C)cc3)cn12. The number of aryl methyl sites for hydroxylation is 1. The zero-order valence-electron chi connectivity index (χ0n) is 16.1. The summed E-state index contributed by atoms with van der Waals surface area (Å²) in [5.74, 6) is 0.136. The van der Waals surface area contributed by atoms with Gasteiger partial charge in [-0.2, -0.15) is 0 Å². The highest BCUT2D eigenvalue weighted by Crippen LogP contribution is 2.24. The molecule has 0 spiro atoms. The van der Waals surface area contributed by atoms with E-state index < -0.39 is 0 Å². The highest BCUT2D eigenvalue weighted by atomic mass is 32.1. The Morgan fingerprint density at radius 3 is 2.57 bits per heavy atom. The van der Waals surface area contributed by atoms with E-state index in [1.807, 2.05) is 46.0 Å². The normalized spacial score (nSPS) is 11.1. The number of thiazole rings is 1. The molecule has 2 heterocycles. The van der Waals surface area contributed by atoms with Gasteiger partial charge in [0, 0.05) is 35.9 Å². The molecule has 0 radical (unpaired) electrons. The second kappa shape index (κ2) is 7.98. The Labute approximate surface area is 169 Å². The largest absolute Gasteiger partial charge is 0.338 e. The summed E-state index contributed by atoms with van der Waals surface area (Å²) < 4.78 is 2.05. The number of nitrogens with zero attached hydrogens (tertiary/aromatic N) is 3. The van der Waals surface area contributed by atoms with Gasteiger partial charge in [-0.15, -0.1) is 11.3 Å². The van der Waals surface area contributed by atoms with Crippen molar-refractivity contribution in [3.05, 3.63) is 83.0 Å². The van der Waals surface area contributed by atoms with Crippen molar-refractivity contribution in [2.45, 2.75) is 26.8 Å². The second-order valence-electron chi connectivity index (χ2n) is 6.94. The van der Waals surface area contributed by atoms with Crippen LogP contribution in [0.1, 0.15) is 23.7 Å². The Kier molecular flexibility index (Phi) is 5.26. The summed E-state index contributed by atoms with van der Waals surface area (Å²) in [6.07, 6.45) is 2.41. The Morgan fingerprint density at radius 2 is 1.86 bits per heavy atom. The number of carbonyl (C=O) groups excluding carboxylic acids is 1. The predicted octanol–water partition coefficient (Wildman–Crippen LogP) is 4.96. The minimum Gasteiger partial charge on any atom is -0.338 e. The third-order valence-corrected chi connectivity index (χ3v) is 5.80. The number of fused-ring (bicyclic) bond motifs is 1. The van der Waals surface area contributed by atoms with E-state index in [-0.39, 0.29) is 5.91 Å². The smallest absolute Gasteiger partial charge is 0.228 e. The Morgan fingerprint density at radius 1 is 1.11 bits per heavy atom. The molecular weight excluding hydrogens is 366 g/mol. The predicted molar refractivity (Wildman–Crippen MR) is 114 cm³/mol. The first-order valence-corrected chi connectivity index (χ1v) is 10.4. The number of amides is 1. The zero-order chi connectivity index (χ0) is 19.5. The van der Waals surface area contributed by atoms with E-state index in [2.05, 4.69) is 43.3 Å². The van der Waals surface area contributed by atoms with Gasteiger partial charge in [-0.1, -0.05) is 60.2 Å². The minimum atomic E-state index is 0.136. The highest BCUT2D eigenvalue weighted by molar-refractivity contribution is 7.15. The number of hydrogen-bond donors (Lipinski definition) is 0. The van der Waals surface area contributed by atoms with Gasteiger partial charge < -0.3 is 4.90 Å². The lowest BCUT2D eigenvalue weighted by atomic mass is 10.1. The molecule has 0 N–H and O–H groups in total. The first-order chi connectivity index (χ1) is 13.6. The van der Waals surface area contributed by atoms with E-state index in [9.17, 15) is 4.79 Å². The van der Waals surface area contributed by atoms with Crippen molar-refractivity contribution in [2.24, 2.45) is 0 Å². The van der Waals surface area contributed by atoms with Gasteiger partial charge in [0.15, 0.2) is 4.96 Å². The summed E-state index contributed by atoms with van der Waals surface area (Å²) in [4.78, 5) is 20.5. The van der Waals surface area contributed by atoms with Crippen LogP contribution in [-0.4, -0.2) is 26.7 Å². The molecule has 0 aliphatic rings. The molecule has 0 aliphatic heterocycles. The Bertz CT molecular complexity index is 1080. The van der Waals surface area contributed by atoms with Gasteiger partial charge in [0.05, 0.1) is 12.1 Å². The maximum Gasteiger partial charge on any atom is 0.228 e. The standard InChI is InChI=1S/C23H23N3OS/c1-3-25(14-18-7-5-4-6-8-18)22(27)13-20-16-28-23-24-21(15-26(20)23)19-11-9-17(2)10-12-19/h4-12,15-16H,3,13-14H2,1-2H3. The molecule has 5 heteroatoms. The molecule has 4 rings (SSSR count). The summed E-state index contributed by atoms with van der Waals surface area (Å²) in [5.41, 5.74) is 5.41. The number of hydrogen-bond acceptors (Lipinski definition) is 3. The average molecular weight is 390 g/mol. The van der Waals surface area contributed by atoms with E-state index in [0.717, 1.165) is 27.5 Å². The molecule has 0 saturated heterocycles. The maximum absolute atomic E-state index is 12.9. The molecule has 142 valence electrons. The topological polar surface area (TPSA) is 37.6 Å². The van der Waals surface area contributed by atoms with Crippen LogP contribution in [0.4, 0.5) is 0 Å². The van der Waals surface area contributed by atoms with Crippen LogP contribution in [-0.2, 0) is 17.8 Å². The van der Waals surface area contributed by atoms with Crippen molar-refractivity contribution in [3.8, 4) is 11.3 Å². The fourth-order valence-electron chi connectivity index (χ4n) is 3.27. The molecule has 0 atom stereocenters. The first kappa shape index (κ1) is 18.4. The lowest BCUT2D eigenvalue weighted by molar-refractivity contribution is -0.130. The molecule has 0 saturated carbocycles. The van der Waals surface area contributed by atoms with Crippen molar-refractivity contribution in [1.82, 2.24) is 14.3 Å². The number of rotatable bonds is 6. The third kappa shape index (κ3) is 3.85. The molecule has 4 nitrogen and oxygen atoms in total.